The zero-order valence-corrected chi connectivity index (χ0v) is 15.6. The molecule has 1 heterocycles. The van der Waals surface area contributed by atoms with Gasteiger partial charge in [-0.3, -0.25) is 0 Å². The Morgan fingerprint density at radius 3 is 2.71 bits per heavy atom. The van der Waals surface area contributed by atoms with E-state index in [4.69, 9.17) is 4.74 Å². The fourth-order valence-electron chi connectivity index (χ4n) is 4.86. The summed E-state index contributed by atoms with van der Waals surface area (Å²) in [6.45, 7) is 0. The standard InChI is InChI=1S/C24H21NO3/c1-28-17-7-4-6-15(11-17)23-20-12-14-5-2-3-8-18(14)22(20)19-13-16(24(26)27)9-10-21(19)25-23/h2-11,13,20,22-23,25H,12H2,1H3,(H,26,27)/t20-,22-,23+/m1/s1. The van der Waals surface area contributed by atoms with Crippen LogP contribution in [0.2, 0.25) is 0 Å². The van der Waals surface area contributed by atoms with Gasteiger partial charge in [0.05, 0.1) is 18.7 Å². The number of carbonyl (C=O) groups is 1. The van der Waals surface area contributed by atoms with E-state index in [1.807, 2.05) is 24.3 Å². The zero-order chi connectivity index (χ0) is 19.3. The van der Waals surface area contributed by atoms with Crippen molar-refractivity contribution in [2.45, 2.75) is 18.4 Å². The molecule has 0 saturated heterocycles. The summed E-state index contributed by atoms with van der Waals surface area (Å²) in [6.07, 6.45) is 0.965. The lowest BCUT2D eigenvalue weighted by Crippen LogP contribution is -2.30. The molecule has 0 aromatic heterocycles. The van der Waals surface area contributed by atoms with Gasteiger partial charge in [-0.2, -0.15) is 0 Å². The monoisotopic (exact) mass is 371 g/mol. The Balaban J connectivity index is 1.67. The molecule has 2 N–H and O–H groups in total. The van der Waals surface area contributed by atoms with Gasteiger partial charge in [0.15, 0.2) is 0 Å². The Labute approximate surface area is 163 Å². The maximum absolute atomic E-state index is 11.5. The average Bonchev–Trinajstić information content (AvgIpc) is 3.12. The molecule has 0 unspecified atom stereocenters. The lowest BCUT2D eigenvalue weighted by molar-refractivity contribution is 0.0696. The predicted molar refractivity (Wildman–Crippen MR) is 108 cm³/mol. The van der Waals surface area contributed by atoms with Gasteiger partial charge in [0.2, 0.25) is 0 Å². The van der Waals surface area contributed by atoms with Crippen LogP contribution in [0.15, 0.2) is 66.7 Å². The summed E-state index contributed by atoms with van der Waals surface area (Å²) in [7, 11) is 1.68. The van der Waals surface area contributed by atoms with Crippen LogP contribution in [0.4, 0.5) is 5.69 Å². The molecule has 5 rings (SSSR count). The molecule has 1 aliphatic heterocycles. The molecule has 3 aromatic carbocycles. The van der Waals surface area contributed by atoms with Crippen molar-refractivity contribution < 1.29 is 14.6 Å². The third-order valence-electron chi connectivity index (χ3n) is 6.10. The van der Waals surface area contributed by atoms with E-state index in [1.54, 1.807) is 13.2 Å². The first kappa shape index (κ1) is 16.9. The number of rotatable bonds is 3. The topological polar surface area (TPSA) is 58.6 Å². The minimum atomic E-state index is -0.888. The van der Waals surface area contributed by atoms with Crippen LogP contribution < -0.4 is 10.1 Å². The fraction of sp³-hybridized carbons (Fsp3) is 0.208. The van der Waals surface area contributed by atoms with Crippen molar-refractivity contribution in [1.82, 2.24) is 0 Å². The molecule has 0 radical (unpaired) electrons. The minimum Gasteiger partial charge on any atom is -0.497 e. The number of hydrogen-bond acceptors (Lipinski definition) is 3. The van der Waals surface area contributed by atoms with E-state index >= 15 is 0 Å². The second-order valence-electron chi connectivity index (χ2n) is 7.55. The van der Waals surface area contributed by atoms with E-state index in [0.29, 0.717) is 11.5 Å². The summed E-state index contributed by atoms with van der Waals surface area (Å²) < 4.78 is 5.44. The van der Waals surface area contributed by atoms with Crippen molar-refractivity contribution in [3.8, 4) is 5.75 Å². The molecule has 140 valence electrons. The van der Waals surface area contributed by atoms with Gasteiger partial charge >= 0.3 is 5.97 Å². The Hall–Kier alpha value is -3.27. The molecule has 0 spiro atoms. The van der Waals surface area contributed by atoms with Crippen LogP contribution in [0.5, 0.6) is 5.75 Å². The summed E-state index contributed by atoms with van der Waals surface area (Å²) in [5.74, 6) is 0.461. The third-order valence-corrected chi connectivity index (χ3v) is 6.10. The smallest absolute Gasteiger partial charge is 0.335 e. The van der Waals surface area contributed by atoms with Crippen molar-refractivity contribution in [3.05, 3.63) is 94.5 Å². The van der Waals surface area contributed by atoms with Gasteiger partial charge in [-0.1, -0.05) is 36.4 Å². The molecule has 2 aliphatic rings. The van der Waals surface area contributed by atoms with Crippen LogP contribution >= 0.6 is 0 Å². The molecule has 1 aliphatic carbocycles. The van der Waals surface area contributed by atoms with Crippen LogP contribution in [0.1, 0.15) is 44.6 Å². The summed E-state index contributed by atoms with van der Waals surface area (Å²) in [5, 5.41) is 13.2. The zero-order valence-electron chi connectivity index (χ0n) is 15.6. The maximum Gasteiger partial charge on any atom is 0.335 e. The van der Waals surface area contributed by atoms with Crippen LogP contribution in [0.3, 0.4) is 0 Å². The van der Waals surface area contributed by atoms with Gasteiger partial charge in [0, 0.05) is 11.6 Å². The lowest BCUT2D eigenvalue weighted by Gasteiger charge is -2.38. The normalized spacial score (nSPS) is 21.8. The van der Waals surface area contributed by atoms with E-state index in [2.05, 4.69) is 41.7 Å². The first-order valence-electron chi connectivity index (χ1n) is 9.51. The number of hydrogen-bond donors (Lipinski definition) is 2. The number of aromatic carboxylic acids is 1. The highest BCUT2D eigenvalue weighted by Gasteiger charge is 2.43. The highest BCUT2D eigenvalue weighted by molar-refractivity contribution is 5.89. The SMILES string of the molecule is COc1cccc([C@@H]2Nc3ccc(C(=O)O)cc3[C@H]3c4ccccc4C[C@H]32)c1. The Bertz CT molecular complexity index is 1070. The molecule has 0 amide bonds. The van der Waals surface area contributed by atoms with Crippen LogP contribution in [-0.4, -0.2) is 18.2 Å². The molecule has 3 atom stereocenters. The number of nitrogens with one attached hydrogen (secondary N) is 1. The number of carboxylic acid groups (broad SMARTS) is 1. The second-order valence-corrected chi connectivity index (χ2v) is 7.55. The Morgan fingerprint density at radius 2 is 1.89 bits per heavy atom. The summed E-state index contributed by atoms with van der Waals surface area (Å²) in [4.78, 5) is 11.5. The number of methoxy groups -OCH3 is 1. The Morgan fingerprint density at radius 1 is 1.04 bits per heavy atom. The van der Waals surface area contributed by atoms with Gasteiger partial charge in [0.1, 0.15) is 5.75 Å². The molecule has 28 heavy (non-hydrogen) atoms. The summed E-state index contributed by atoms with van der Waals surface area (Å²) in [5.41, 5.74) is 6.27. The molecular weight excluding hydrogens is 350 g/mol. The van der Waals surface area contributed by atoms with Gasteiger partial charge in [-0.05, 0) is 64.9 Å². The van der Waals surface area contributed by atoms with Crippen molar-refractivity contribution in [2.75, 3.05) is 12.4 Å². The largest absolute Gasteiger partial charge is 0.497 e. The highest BCUT2D eigenvalue weighted by Crippen LogP contribution is 2.54. The number of benzene rings is 3. The van der Waals surface area contributed by atoms with Crippen molar-refractivity contribution >= 4 is 11.7 Å². The molecule has 4 nitrogen and oxygen atoms in total. The molecule has 3 aromatic rings. The number of ether oxygens (including phenoxy) is 1. The quantitative estimate of drug-likeness (QED) is 0.690. The maximum atomic E-state index is 11.5. The number of carboxylic acids is 1. The summed E-state index contributed by atoms with van der Waals surface area (Å²) in [6, 6.07) is 22.3. The summed E-state index contributed by atoms with van der Waals surface area (Å²) >= 11 is 0. The van der Waals surface area contributed by atoms with Crippen molar-refractivity contribution in [1.29, 1.82) is 0 Å². The Kier molecular flexibility index (Phi) is 3.86. The molecule has 0 bridgehead atoms. The first-order valence-corrected chi connectivity index (χ1v) is 9.51. The van der Waals surface area contributed by atoms with E-state index in [0.717, 1.165) is 23.4 Å². The molecule has 4 heteroatoms. The van der Waals surface area contributed by atoms with Crippen LogP contribution in [-0.2, 0) is 6.42 Å². The van der Waals surface area contributed by atoms with Crippen molar-refractivity contribution in [2.24, 2.45) is 5.92 Å². The molecule has 0 saturated carbocycles. The molecular formula is C24H21NO3. The number of anilines is 1. The lowest BCUT2D eigenvalue weighted by atomic mass is 9.75. The van der Waals surface area contributed by atoms with Gasteiger partial charge < -0.3 is 15.2 Å². The van der Waals surface area contributed by atoms with Gasteiger partial charge in [-0.15, -0.1) is 0 Å². The molecule has 0 fully saturated rings. The van der Waals surface area contributed by atoms with Gasteiger partial charge in [0.25, 0.3) is 0 Å². The van der Waals surface area contributed by atoms with E-state index in [-0.39, 0.29) is 12.0 Å². The first-order chi connectivity index (χ1) is 13.7. The second kappa shape index (κ2) is 6.41. The van der Waals surface area contributed by atoms with Crippen LogP contribution in [0, 0.1) is 5.92 Å². The van der Waals surface area contributed by atoms with Gasteiger partial charge in [-0.25, -0.2) is 4.79 Å². The minimum absolute atomic E-state index is 0.135. The van der Waals surface area contributed by atoms with E-state index in [1.165, 1.54) is 16.7 Å². The third kappa shape index (κ3) is 2.56. The van der Waals surface area contributed by atoms with Crippen LogP contribution in [0.25, 0.3) is 0 Å². The average molecular weight is 371 g/mol. The van der Waals surface area contributed by atoms with E-state index in [9.17, 15) is 9.90 Å². The fourth-order valence-corrected chi connectivity index (χ4v) is 4.86. The van der Waals surface area contributed by atoms with Crippen molar-refractivity contribution in [3.63, 3.8) is 0 Å². The number of fused-ring (bicyclic) bond motifs is 5. The predicted octanol–water partition coefficient (Wildman–Crippen LogP) is 4.86. The van der Waals surface area contributed by atoms with E-state index < -0.39 is 5.97 Å². The highest BCUT2D eigenvalue weighted by atomic mass is 16.5.